The summed E-state index contributed by atoms with van der Waals surface area (Å²) in [7, 11) is 0. The summed E-state index contributed by atoms with van der Waals surface area (Å²) in [6.07, 6.45) is 4.55. The summed E-state index contributed by atoms with van der Waals surface area (Å²) in [6.45, 7) is 2.96. The van der Waals surface area contributed by atoms with E-state index >= 15 is 0 Å². The van der Waals surface area contributed by atoms with E-state index in [9.17, 15) is 0 Å². The van der Waals surface area contributed by atoms with Crippen LogP contribution in [0.2, 0.25) is 0 Å². The molecule has 6 heteroatoms. The highest BCUT2D eigenvalue weighted by Gasteiger charge is 2.30. The highest BCUT2D eigenvalue weighted by molar-refractivity contribution is 5.74. The van der Waals surface area contributed by atoms with Crippen LogP contribution in [0.4, 0.5) is 6.01 Å². The van der Waals surface area contributed by atoms with E-state index in [2.05, 4.69) is 24.6 Å². The summed E-state index contributed by atoms with van der Waals surface area (Å²) >= 11 is 0. The average molecular weight is 309 g/mol. The quantitative estimate of drug-likeness (QED) is 0.728. The summed E-state index contributed by atoms with van der Waals surface area (Å²) in [5.41, 5.74) is 1.78. The first-order valence-corrected chi connectivity index (χ1v) is 8.41. The van der Waals surface area contributed by atoms with Crippen LogP contribution in [0.3, 0.4) is 0 Å². The van der Waals surface area contributed by atoms with Crippen molar-refractivity contribution in [2.45, 2.75) is 38.1 Å². The van der Waals surface area contributed by atoms with E-state index in [4.69, 9.17) is 4.42 Å². The fourth-order valence-electron chi connectivity index (χ4n) is 3.83. The molecule has 0 saturated carbocycles. The molecule has 6 nitrogen and oxygen atoms in total. The first-order valence-electron chi connectivity index (χ1n) is 8.41. The molecule has 2 aliphatic rings. The Hall–Kier alpha value is -2.37. The third-order valence-corrected chi connectivity index (χ3v) is 4.98. The Morgan fingerprint density at radius 1 is 1.09 bits per heavy atom. The SMILES string of the molecule is c1ccc2oc(N3CCCC(c4nnc5n4CCC5)C3)nc2c1. The van der Waals surface area contributed by atoms with Gasteiger partial charge in [0.25, 0.3) is 6.01 Å². The lowest BCUT2D eigenvalue weighted by molar-refractivity contribution is 0.445. The summed E-state index contributed by atoms with van der Waals surface area (Å²) in [5, 5.41) is 8.83. The van der Waals surface area contributed by atoms with Gasteiger partial charge in [-0.25, -0.2) is 0 Å². The van der Waals surface area contributed by atoms with Gasteiger partial charge in [-0.05, 0) is 31.4 Å². The zero-order valence-electron chi connectivity index (χ0n) is 13.0. The van der Waals surface area contributed by atoms with Crippen LogP contribution in [-0.2, 0) is 13.0 Å². The number of fused-ring (bicyclic) bond motifs is 2. The molecule has 1 fully saturated rings. The van der Waals surface area contributed by atoms with Gasteiger partial charge in [-0.15, -0.1) is 10.2 Å². The third kappa shape index (κ3) is 2.12. The van der Waals surface area contributed by atoms with Crippen LogP contribution in [0.25, 0.3) is 11.1 Å². The zero-order chi connectivity index (χ0) is 15.2. The number of oxazole rings is 1. The minimum Gasteiger partial charge on any atom is -0.423 e. The number of piperidine rings is 1. The number of nitrogens with zero attached hydrogens (tertiary/aromatic N) is 5. The largest absolute Gasteiger partial charge is 0.423 e. The molecule has 2 aliphatic heterocycles. The second-order valence-corrected chi connectivity index (χ2v) is 6.48. The van der Waals surface area contributed by atoms with Gasteiger partial charge in [0.1, 0.15) is 17.2 Å². The molecule has 0 N–H and O–H groups in total. The number of para-hydroxylation sites is 2. The van der Waals surface area contributed by atoms with Crippen molar-refractivity contribution < 1.29 is 4.42 Å². The van der Waals surface area contributed by atoms with Crippen molar-refractivity contribution in [1.29, 1.82) is 0 Å². The molecular weight excluding hydrogens is 290 g/mol. The van der Waals surface area contributed by atoms with E-state index in [1.807, 2.05) is 24.3 Å². The molecule has 5 rings (SSSR count). The van der Waals surface area contributed by atoms with Gasteiger partial charge in [-0.2, -0.15) is 4.98 Å². The Balaban J connectivity index is 1.44. The normalized spacial score (nSPS) is 21.0. The van der Waals surface area contributed by atoms with Crippen LogP contribution in [0, 0.1) is 0 Å². The predicted molar refractivity (Wildman–Crippen MR) is 86.5 cm³/mol. The Labute approximate surface area is 134 Å². The van der Waals surface area contributed by atoms with Crippen molar-refractivity contribution in [2.24, 2.45) is 0 Å². The maximum Gasteiger partial charge on any atom is 0.298 e. The maximum absolute atomic E-state index is 5.94. The first-order chi connectivity index (χ1) is 11.4. The lowest BCUT2D eigenvalue weighted by atomic mass is 9.97. The summed E-state index contributed by atoms with van der Waals surface area (Å²) in [4.78, 5) is 6.90. The second kappa shape index (κ2) is 5.08. The van der Waals surface area contributed by atoms with Gasteiger partial charge in [0.2, 0.25) is 0 Å². The molecule has 4 heterocycles. The molecule has 23 heavy (non-hydrogen) atoms. The fourth-order valence-corrected chi connectivity index (χ4v) is 3.83. The third-order valence-electron chi connectivity index (χ3n) is 4.98. The first kappa shape index (κ1) is 13.1. The van der Waals surface area contributed by atoms with Crippen molar-refractivity contribution in [2.75, 3.05) is 18.0 Å². The van der Waals surface area contributed by atoms with Crippen LogP contribution in [0.15, 0.2) is 28.7 Å². The van der Waals surface area contributed by atoms with Crippen LogP contribution in [0.5, 0.6) is 0 Å². The Bertz CT molecular complexity index is 819. The number of anilines is 1. The fraction of sp³-hybridized carbons (Fsp3) is 0.471. The van der Waals surface area contributed by atoms with Crippen molar-refractivity contribution in [1.82, 2.24) is 19.7 Å². The van der Waals surface area contributed by atoms with Gasteiger partial charge in [-0.1, -0.05) is 12.1 Å². The molecule has 0 spiro atoms. The number of aromatic nitrogens is 4. The van der Waals surface area contributed by atoms with Crippen molar-refractivity contribution in [3.05, 3.63) is 35.9 Å². The number of rotatable bonds is 2. The Morgan fingerprint density at radius 3 is 3.00 bits per heavy atom. The van der Waals surface area contributed by atoms with Gasteiger partial charge < -0.3 is 13.9 Å². The lowest BCUT2D eigenvalue weighted by Gasteiger charge is -2.31. The molecule has 118 valence electrons. The van der Waals surface area contributed by atoms with Gasteiger partial charge in [0.05, 0.1) is 0 Å². The molecule has 0 amide bonds. The van der Waals surface area contributed by atoms with Gasteiger partial charge in [-0.3, -0.25) is 0 Å². The molecule has 0 aliphatic carbocycles. The van der Waals surface area contributed by atoms with E-state index in [1.54, 1.807) is 0 Å². The molecule has 1 aromatic carbocycles. The minimum atomic E-state index is 0.415. The number of hydrogen-bond donors (Lipinski definition) is 0. The molecule has 2 aromatic heterocycles. The van der Waals surface area contributed by atoms with E-state index in [0.717, 1.165) is 67.7 Å². The predicted octanol–water partition coefficient (Wildman–Crippen LogP) is 2.75. The molecule has 0 radical (unpaired) electrons. The lowest BCUT2D eigenvalue weighted by Crippen LogP contribution is -2.35. The Kier molecular flexibility index (Phi) is 2.89. The number of benzene rings is 1. The molecule has 1 unspecified atom stereocenters. The van der Waals surface area contributed by atoms with Crippen molar-refractivity contribution in [3.63, 3.8) is 0 Å². The van der Waals surface area contributed by atoms with Crippen LogP contribution in [-0.4, -0.2) is 32.8 Å². The van der Waals surface area contributed by atoms with Crippen LogP contribution < -0.4 is 4.90 Å². The van der Waals surface area contributed by atoms with Crippen molar-refractivity contribution >= 4 is 17.1 Å². The molecule has 3 aromatic rings. The summed E-state index contributed by atoms with van der Waals surface area (Å²) < 4.78 is 8.26. The van der Waals surface area contributed by atoms with E-state index in [-0.39, 0.29) is 0 Å². The van der Waals surface area contributed by atoms with Crippen LogP contribution in [0.1, 0.15) is 36.8 Å². The number of aryl methyl sites for hydroxylation is 1. The highest BCUT2D eigenvalue weighted by atomic mass is 16.4. The standard InChI is InChI=1S/C17H19N5O/c1-2-7-14-13(6-1)18-17(23-14)21-9-3-5-12(11-21)16-20-19-15-8-4-10-22(15)16/h1-2,6-7,12H,3-5,8-11H2. The minimum absolute atomic E-state index is 0.415. The van der Waals surface area contributed by atoms with Gasteiger partial charge in [0.15, 0.2) is 5.58 Å². The van der Waals surface area contributed by atoms with Gasteiger partial charge in [0, 0.05) is 32.0 Å². The second-order valence-electron chi connectivity index (χ2n) is 6.48. The van der Waals surface area contributed by atoms with Crippen molar-refractivity contribution in [3.8, 4) is 0 Å². The van der Waals surface area contributed by atoms with E-state index < -0.39 is 0 Å². The molecule has 0 bridgehead atoms. The van der Waals surface area contributed by atoms with Gasteiger partial charge >= 0.3 is 0 Å². The monoisotopic (exact) mass is 309 g/mol. The average Bonchev–Trinajstić information content (AvgIpc) is 3.29. The highest BCUT2D eigenvalue weighted by Crippen LogP contribution is 2.31. The summed E-state index contributed by atoms with van der Waals surface area (Å²) in [6, 6.07) is 8.67. The van der Waals surface area contributed by atoms with Crippen LogP contribution >= 0.6 is 0 Å². The topological polar surface area (TPSA) is 60.0 Å². The zero-order valence-corrected chi connectivity index (χ0v) is 13.0. The van der Waals surface area contributed by atoms with E-state index in [0.29, 0.717) is 5.92 Å². The number of hydrogen-bond acceptors (Lipinski definition) is 5. The maximum atomic E-state index is 5.94. The molecular formula is C17H19N5O. The van der Waals surface area contributed by atoms with E-state index in [1.165, 1.54) is 6.42 Å². The Morgan fingerprint density at radius 2 is 2.04 bits per heavy atom. The summed E-state index contributed by atoms with van der Waals surface area (Å²) in [5.74, 6) is 2.72. The molecule has 1 saturated heterocycles. The molecule has 1 atom stereocenters. The smallest absolute Gasteiger partial charge is 0.298 e.